The first kappa shape index (κ1) is 16.3. The van der Waals surface area contributed by atoms with E-state index in [9.17, 15) is 9.18 Å². The minimum atomic E-state index is -0.588. The van der Waals surface area contributed by atoms with E-state index in [-0.39, 0.29) is 5.69 Å². The highest BCUT2D eigenvalue weighted by molar-refractivity contribution is 7.16. The van der Waals surface area contributed by atoms with Crippen LogP contribution in [0, 0.1) is 12.7 Å². The summed E-state index contributed by atoms with van der Waals surface area (Å²) in [6.07, 6.45) is 4.70. The summed E-state index contributed by atoms with van der Waals surface area (Å²) in [6.45, 7) is 2.03. The van der Waals surface area contributed by atoms with Crippen LogP contribution in [0.1, 0.15) is 5.56 Å². The molecule has 3 aromatic heterocycles. The Kier molecular flexibility index (Phi) is 4.14. The smallest absolute Gasteiger partial charge is 0.219 e. The summed E-state index contributed by atoms with van der Waals surface area (Å²) in [4.78, 5) is 25.0. The number of halogens is 1. The summed E-state index contributed by atoms with van der Waals surface area (Å²) in [5.74, 6) is -0.253. The van der Waals surface area contributed by atoms with Gasteiger partial charge in [-0.15, -0.1) is 11.3 Å². The topological polar surface area (TPSA) is 59.0 Å². The number of benzene rings is 1. The number of pyridine rings is 2. The molecule has 0 atom stereocenters. The van der Waals surface area contributed by atoms with E-state index in [1.54, 1.807) is 23.6 Å². The van der Waals surface area contributed by atoms with Crippen LogP contribution in [0.5, 0.6) is 0 Å². The monoisotopic (exact) mass is 364 g/mol. The maximum Gasteiger partial charge on any atom is 0.219 e. The number of aromatic nitrogens is 3. The number of thiazole rings is 1. The molecule has 0 spiro atoms. The number of amides is 1. The molecular formula is C19H13FN4OS. The highest BCUT2D eigenvalue weighted by Crippen LogP contribution is 2.31. The van der Waals surface area contributed by atoms with E-state index in [0.717, 1.165) is 38.0 Å². The molecule has 5 nitrogen and oxygen atoms in total. The van der Waals surface area contributed by atoms with E-state index in [2.05, 4.69) is 21.0 Å². The van der Waals surface area contributed by atoms with Crippen molar-refractivity contribution in [3.63, 3.8) is 0 Å². The SMILES string of the molecule is Cc1cc2scnc2cc1-c1ccc(N(C=O)c2ccncc2F)nc1. The van der Waals surface area contributed by atoms with Gasteiger partial charge in [-0.2, -0.15) is 0 Å². The van der Waals surface area contributed by atoms with Gasteiger partial charge in [0, 0.05) is 18.0 Å². The number of hydrogen-bond donors (Lipinski definition) is 0. The van der Waals surface area contributed by atoms with Gasteiger partial charge in [0.15, 0.2) is 5.82 Å². The fraction of sp³-hybridized carbons (Fsp3) is 0.0526. The van der Waals surface area contributed by atoms with Gasteiger partial charge in [0.2, 0.25) is 6.41 Å². The molecule has 128 valence electrons. The van der Waals surface area contributed by atoms with E-state index in [4.69, 9.17) is 0 Å². The van der Waals surface area contributed by atoms with Crippen molar-refractivity contribution < 1.29 is 9.18 Å². The van der Waals surface area contributed by atoms with Gasteiger partial charge >= 0.3 is 0 Å². The molecular weight excluding hydrogens is 351 g/mol. The number of carbonyl (C=O) groups excluding carboxylic acids is 1. The molecule has 7 heteroatoms. The highest BCUT2D eigenvalue weighted by atomic mass is 32.1. The van der Waals surface area contributed by atoms with Crippen LogP contribution in [-0.2, 0) is 4.79 Å². The van der Waals surface area contributed by atoms with Gasteiger partial charge in [-0.3, -0.25) is 14.7 Å². The maximum atomic E-state index is 13.9. The first-order valence-electron chi connectivity index (χ1n) is 7.81. The van der Waals surface area contributed by atoms with E-state index < -0.39 is 5.82 Å². The Labute approximate surface area is 152 Å². The van der Waals surface area contributed by atoms with Crippen LogP contribution < -0.4 is 4.90 Å². The first-order valence-corrected chi connectivity index (χ1v) is 8.69. The maximum absolute atomic E-state index is 13.9. The highest BCUT2D eigenvalue weighted by Gasteiger charge is 2.15. The van der Waals surface area contributed by atoms with Gasteiger partial charge in [-0.25, -0.2) is 14.4 Å². The van der Waals surface area contributed by atoms with Gasteiger partial charge in [0.1, 0.15) is 5.82 Å². The van der Waals surface area contributed by atoms with E-state index in [1.165, 1.54) is 12.3 Å². The molecule has 0 aliphatic rings. The van der Waals surface area contributed by atoms with Crippen LogP contribution >= 0.6 is 11.3 Å². The van der Waals surface area contributed by atoms with Gasteiger partial charge in [-0.05, 0) is 48.4 Å². The number of anilines is 2. The summed E-state index contributed by atoms with van der Waals surface area (Å²) < 4.78 is 15.1. The zero-order chi connectivity index (χ0) is 18.1. The zero-order valence-electron chi connectivity index (χ0n) is 13.8. The van der Waals surface area contributed by atoms with Crippen LogP contribution in [0.2, 0.25) is 0 Å². The number of fused-ring (bicyclic) bond motifs is 1. The predicted molar refractivity (Wildman–Crippen MR) is 100.0 cm³/mol. The number of aryl methyl sites for hydroxylation is 1. The summed E-state index contributed by atoms with van der Waals surface area (Å²) in [6, 6.07) is 9.10. The molecule has 0 N–H and O–H groups in total. The summed E-state index contributed by atoms with van der Waals surface area (Å²) in [5, 5.41) is 0. The van der Waals surface area contributed by atoms with Gasteiger partial charge in [0.25, 0.3) is 0 Å². The van der Waals surface area contributed by atoms with Crippen LogP contribution in [-0.4, -0.2) is 21.4 Å². The van der Waals surface area contributed by atoms with E-state index in [0.29, 0.717) is 12.2 Å². The Morgan fingerprint density at radius 2 is 2.04 bits per heavy atom. The lowest BCUT2D eigenvalue weighted by molar-refractivity contribution is -0.106. The average Bonchev–Trinajstić information content (AvgIpc) is 3.11. The predicted octanol–water partition coefficient (Wildman–Crippen LogP) is 4.50. The molecule has 0 radical (unpaired) electrons. The Hall–Kier alpha value is -3.19. The minimum absolute atomic E-state index is 0.107. The number of carbonyl (C=O) groups is 1. The molecule has 0 saturated carbocycles. The lowest BCUT2D eigenvalue weighted by Gasteiger charge is -2.17. The largest absolute Gasteiger partial charge is 0.278 e. The minimum Gasteiger partial charge on any atom is -0.278 e. The van der Waals surface area contributed by atoms with Crippen molar-refractivity contribution in [1.29, 1.82) is 0 Å². The normalized spacial score (nSPS) is 10.8. The van der Waals surface area contributed by atoms with Crippen LogP contribution in [0.15, 0.2) is 54.4 Å². The fourth-order valence-corrected chi connectivity index (χ4v) is 3.56. The van der Waals surface area contributed by atoms with Crippen LogP contribution in [0.3, 0.4) is 0 Å². The lowest BCUT2D eigenvalue weighted by Crippen LogP contribution is -2.16. The number of hydrogen-bond acceptors (Lipinski definition) is 5. The zero-order valence-corrected chi connectivity index (χ0v) is 14.6. The molecule has 3 heterocycles. The molecule has 1 amide bonds. The Bertz CT molecular complexity index is 1090. The quantitative estimate of drug-likeness (QED) is 0.501. The third kappa shape index (κ3) is 2.82. The van der Waals surface area contributed by atoms with Crippen LogP contribution in [0.4, 0.5) is 15.9 Å². The van der Waals surface area contributed by atoms with Crippen molar-refractivity contribution in [2.24, 2.45) is 0 Å². The van der Waals surface area contributed by atoms with Crippen molar-refractivity contribution in [2.45, 2.75) is 6.92 Å². The molecule has 4 rings (SSSR count). The average molecular weight is 364 g/mol. The van der Waals surface area contributed by atoms with Gasteiger partial charge in [-0.1, -0.05) is 0 Å². The molecule has 0 bridgehead atoms. The Morgan fingerprint density at radius 3 is 2.77 bits per heavy atom. The number of rotatable bonds is 4. The third-order valence-corrected chi connectivity index (χ3v) is 4.89. The van der Waals surface area contributed by atoms with Crippen molar-refractivity contribution >= 4 is 39.5 Å². The van der Waals surface area contributed by atoms with Crippen molar-refractivity contribution in [1.82, 2.24) is 15.0 Å². The summed E-state index contributed by atoms with van der Waals surface area (Å²) in [5.41, 5.74) is 5.91. The van der Waals surface area contributed by atoms with Crippen molar-refractivity contribution in [3.05, 3.63) is 65.8 Å². The Morgan fingerprint density at radius 1 is 1.15 bits per heavy atom. The van der Waals surface area contributed by atoms with Crippen molar-refractivity contribution in [2.75, 3.05) is 4.90 Å². The van der Waals surface area contributed by atoms with Crippen LogP contribution in [0.25, 0.3) is 21.3 Å². The van der Waals surface area contributed by atoms with Crippen molar-refractivity contribution in [3.8, 4) is 11.1 Å². The molecule has 4 aromatic rings. The standard InChI is InChI=1S/C19H13FN4OS/c1-12-6-18-16(23-10-26-18)7-14(12)13-2-3-19(22-8-13)24(11-25)17-4-5-21-9-15(17)20/h2-11H,1H3. The second-order valence-corrected chi connectivity index (χ2v) is 6.58. The lowest BCUT2D eigenvalue weighted by atomic mass is 10.0. The molecule has 26 heavy (non-hydrogen) atoms. The molecule has 0 saturated heterocycles. The number of nitrogens with zero attached hydrogens (tertiary/aromatic N) is 4. The first-order chi connectivity index (χ1) is 12.7. The molecule has 0 aliphatic heterocycles. The summed E-state index contributed by atoms with van der Waals surface area (Å²) >= 11 is 1.60. The van der Waals surface area contributed by atoms with Gasteiger partial charge in [0.05, 0.1) is 27.6 Å². The fourth-order valence-electron chi connectivity index (χ4n) is 2.80. The molecule has 0 unspecified atom stereocenters. The third-order valence-electron chi connectivity index (χ3n) is 4.10. The molecule has 0 aliphatic carbocycles. The van der Waals surface area contributed by atoms with E-state index in [1.807, 2.05) is 24.6 Å². The molecule has 1 aromatic carbocycles. The summed E-state index contributed by atoms with van der Waals surface area (Å²) in [7, 11) is 0. The second kappa shape index (κ2) is 6.61. The van der Waals surface area contributed by atoms with E-state index >= 15 is 0 Å². The second-order valence-electron chi connectivity index (χ2n) is 5.69. The van der Waals surface area contributed by atoms with Gasteiger partial charge < -0.3 is 0 Å². The Balaban J connectivity index is 1.72. The molecule has 0 fully saturated rings.